The maximum absolute atomic E-state index is 13.2. The predicted octanol–water partition coefficient (Wildman–Crippen LogP) is 3.16. The van der Waals surface area contributed by atoms with Gasteiger partial charge in [0.1, 0.15) is 5.75 Å². The Balaban J connectivity index is 2.07. The second kappa shape index (κ2) is 8.34. The molecule has 0 fully saturated rings. The summed E-state index contributed by atoms with van der Waals surface area (Å²) >= 11 is 0. The Morgan fingerprint density at radius 2 is 1.78 bits per heavy atom. The number of anilines is 2. The van der Waals surface area contributed by atoms with Crippen molar-refractivity contribution < 1.29 is 26.7 Å². The molecule has 146 valence electrons. The Bertz CT molecular complexity index is 917. The number of sulfonamides is 1. The Morgan fingerprint density at radius 1 is 1.15 bits per heavy atom. The highest BCUT2D eigenvalue weighted by Gasteiger charge is 2.19. The van der Waals surface area contributed by atoms with E-state index < -0.39 is 33.7 Å². The number of ether oxygens (including phenoxy) is 1. The van der Waals surface area contributed by atoms with Crippen LogP contribution in [0.5, 0.6) is 5.75 Å². The molecule has 0 aliphatic carbocycles. The molecular weight excluding hydrogens is 378 g/mol. The topological polar surface area (TPSA) is 75.7 Å². The summed E-state index contributed by atoms with van der Waals surface area (Å²) in [6, 6.07) is 9.25. The zero-order chi connectivity index (χ0) is 20.2. The van der Waals surface area contributed by atoms with Crippen molar-refractivity contribution in [2.24, 2.45) is 0 Å². The average molecular weight is 398 g/mol. The summed E-state index contributed by atoms with van der Waals surface area (Å²) in [6.07, 6.45) is 0.560. The third-order valence-corrected chi connectivity index (χ3v) is 5.03. The van der Waals surface area contributed by atoms with Gasteiger partial charge in [-0.15, -0.1) is 0 Å². The summed E-state index contributed by atoms with van der Waals surface area (Å²) in [6.45, 7) is 1.74. The standard InChI is InChI=1S/C18H20F2N2O4S/c1-4-17(18(23)21-12-5-10-15(19)16(20)11-12)26-14-8-6-13(7-9-14)22(2)27(3,24)25/h5-11,17H,4H2,1-3H3,(H,21,23). The number of rotatable bonds is 7. The number of carbonyl (C=O) groups excluding carboxylic acids is 1. The number of hydrogen-bond acceptors (Lipinski definition) is 4. The highest BCUT2D eigenvalue weighted by atomic mass is 32.2. The molecule has 0 aromatic heterocycles. The summed E-state index contributed by atoms with van der Waals surface area (Å²) in [7, 11) is -1.95. The Kier molecular flexibility index (Phi) is 6.37. The fourth-order valence-electron chi connectivity index (χ4n) is 2.21. The van der Waals surface area contributed by atoms with Crippen LogP contribution in [0.4, 0.5) is 20.2 Å². The van der Waals surface area contributed by atoms with Gasteiger partial charge in [-0.25, -0.2) is 17.2 Å². The van der Waals surface area contributed by atoms with Crippen LogP contribution < -0.4 is 14.4 Å². The molecule has 1 N–H and O–H groups in total. The summed E-state index contributed by atoms with van der Waals surface area (Å²) in [5.41, 5.74) is 0.565. The first-order valence-electron chi connectivity index (χ1n) is 8.08. The minimum Gasteiger partial charge on any atom is -0.481 e. The van der Waals surface area contributed by atoms with Gasteiger partial charge in [-0.2, -0.15) is 0 Å². The summed E-state index contributed by atoms with van der Waals surface area (Å²) in [5, 5.41) is 2.47. The zero-order valence-corrected chi connectivity index (χ0v) is 15.9. The van der Waals surface area contributed by atoms with Gasteiger partial charge < -0.3 is 10.1 Å². The smallest absolute Gasteiger partial charge is 0.265 e. The van der Waals surface area contributed by atoms with Crippen molar-refractivity contribution in [2.45, 2.75) is 19.4 Å². The maximum Gasteiger partial charge on any atom is 0.265 e. The van der Waals surface area contributed by atoms with Crippen molar-refractivity contribution in [3.05, 3.63) is 54.1 Å². The number of carbonyl (C=O) groups is 1. The van der Waals surface area contributed by atoms with E-state index in [0.29, 0.717) is 17.9 Å². The molecule has 9 heteroatoms. The molecule has 0 radical (unpaired) electrons. The zero-order valence-electron chi connectivity index (χ0n) is 15.1. The number of nitrogens with one attached hydrogen (secondary N) is 1. The fourth-order valence-corrected chi connectivity index (χ4v) is 2.71. The van der Waals surface area contributed by atoms with Crippen LogP contribution >= 0.6 is 0 Å². The summed E-state index contributed by atoms with van der Waals surface area (Å²) in [5.74, 6) is -2.21. The van der Waals surface area contributed by atoms with E-state index in [2.05, 4.69) is 5.32 Å². The predicted molar refractivity (Wildman–Crippen MR) is 99.4 cm³/mol. The third-order valence-electron chi connectivity index (χ3n) is 3.83. The quantitative estimate of drug-likeness (QED) is 0.777. The number of hydrogen-bond donors (Lipinski definition) is 1. The van der Waals surface area contributed by atoms with Crippen LogP contribution in [0.3, 0.4) is 0 Å². The minimum atomic E-state index is -3.38. The highest BCUT2D eigenvalue weighted by molar-refractivity contribution is 7.92. The van der Waals surface area contributed by atoms with Gasteiger partial charge in [0.25, 0.3) is 5.91 Å². The van der Waals surface area contributed by atoms with Crippen molar-refractivity contribution in [1.82, 2.24) is 0 Å². The molecule has 0 saturated carbocycles. The van der Waals surface area contributed by atoms with Crippen LogP contribution in [0.2, 0.25) is 0 Å². The SMILES string of the molecule is CCC(Oc1ccc(N(C)S(C)(=O)=O)cc1)C(=O)Nc1ccc(F)c(F)c1. The largest absolute Gasteiger partial charge is 0.481 e. The lowest BCUT2D eigenvalue weighted by Crippen LogP contribution is -2.32. The van der Waals surface area contributed by atoms with Gasteiger partial charge in [0.05, 0.1) is 11.9 Å². The van der Waals surface area contributed by atoms with E-state index in [-0.39, 0.29) is 5.69 Å². The van der Waals surface area contributed by atoms with Crippen LogP contribution in [0.1, 0.15) is 13.3 Å². The first-order valence-corrected chi connectivity index (χ1v) is 9.93. The normalized spacial score (nSPS) is 12.3. The van der Waals surface area contributed by atoms with Gasteiger partial charge in [0, 0.05) is 18.8 Å². The lowest BCUT2D eigenvalue weighted by atomic mass is 10.2. The van der Waals surface area contributed by atoms with Gasteiger partial charge in [0.2, 0.25) is 10.0 Å². The molecule has 0 saturated heterocycles. The van der Waals surface area contributed by atoms with E-state index in [1.54, 1.807) is 31.2 Å². The highest BCUT2D eigenvalue weighted by Crippen LogP contribution is 2.22. The Morgan fingerprint density at radius 3 is 2.30 bits per heavy atom. The molecule has 0 spiro atoms. The van der Waals surface area contributed by atoms with Crippen LogP contribution in [-0.2, 0) is 14.8 Å². The van der Waals surface area contributed by atoms with E-state index in [0.717, 1.165) is 22.7 Å². The lowest BCUT2D eigenvalue weighted by Gasteiger charge is -2.19. The van der Waals surface area contributed by atoms with Crippen molar-refractivity contribution in [3.8, 4) is 5.75 Å². The van der Waals surface area contributed by atoms with E-state index in [1.165, 1.54) is 13.1 Å². The van der Waals surface area contributed by atoms with Crippen molar-refractivity contribution >= 4 is 27.3 Å². The molecule has 27 heavy (non-hydrogen) atoms. The van der Waals surface area contributed by atoms with Crippen LogP contribution in [0.25, 0.3) is 0 Å². The molecular formula is C18H20F2N2O4S. The van der Waals surface area contributed by atoms with Crippen molar-refractivity contribution in [3.63, 3.8) is 0 Å². The van der Waals surface area contributed by atoms with Gasteiger partial charge in [-0.1, -0.05) is 6.92 Å². The summed E-state index contributed by atoms with van der Waals surface area (Å²) in [4.78, 5) is 12.3. The Labute approximate surface area is 156 Å². The number of amides is 1. The average Bonchev–Trinajstić information content (AvgIpc) is 2.61. The second-order valence-corrected chi connectivity index (χ2v) is 7.87. The van der Waals surface area contributed by atoms with Crippen molar-refractivity contribution in [2.75, 3.05) is 22.9 Å². The van der Waals surface area contributed by atoms with E-state index in [1.807, 2.05) is 0 Å². The summed E-state index contributed by atoms with van der Waals surface area (Å²) < 4.78 is 56.0. The molecule has 0 aliphatic rings. The molecule has 0 aliphatic heterocycles. The van der Waals surface area contributed by atoms with Gasteiger partial charge in [-0.3, -0.25) is 9.10 Å². The molecule has 2 aromatic rings. The van der Waals surface area contributed by atoms with Crippen LogP contribution in [0, 0.1) is 11.6 Å². The molecule has 0 heterocycles. The Hall–Kier alpha value is -2.68. The molecule has 2 aromatic carbocycles. The second-order valence-electron chi connectivity index (χ2n) is 5.86. The minimum absolute atomic E-state index is 0.117. The van der Waals surface area contributed by atoms with Crippen LogP contribution in [-0.4, -0.2) is 33.7 Å². The number of benzene rings is 2. The van der Waals surface area contributed by atoms with Gasteiger partial charge in [-0.05, 0) is 42.8 Å². The number of halogens is 2. The molecule has 0 bridgehead atoms. The molecule has 1 amide bonds. The first kappa shape index (κ1) is 20.6. The molecule has 6 nitrogen and oxygen atoms in total. The van der Waals surface area contributed by atoms with E-state index in [4.69, 9.17) is 4.74 Å². The van der Waals surface area contributed by atoms with Crippen LogP contribution in [0.15, 0.2) is 42.5 Å². The lowest BCUT2D eigenvalue weighted by molar-refractivity contribution is -0.122. The fraction of sp³-hybridized carbons (Fsp3) is 0.278. The molecule has 1 unspecified atom stereocenters. The van der Waals surface area contributed by atoms with Gasteiger partial charge in [0.15, 0.2) is 17.7 Å². The monoisotopic (exact) mass is 398 g/mol. The third kappa shape index (κ3) is 5.40. The number of nitrogens with zero attached hydrogens (tertiary/aromatic N) is 1. The van der Waals surface area contributed by atoms with Gasteiger partial charge >= 0.3 is 0 Å². The first-order chi connectivity index (χ1) is 12.6. The molecule has 2 rings (SSSR count). The van der Waals surface area contributed by atoms with E-state index >= 15 is 0 Å². The molecule has 1 atom stereocenters. The van der Waals surface area contributed by atoms with Crippen molar-refractivity contribution in [1.29, 1.82) is 0 Å². The maximum atomic E-state index is 13.2. The van der Waals surface area contributed by atoms with E-state index in [9.17, 15) is 22.0 Å².